The molecule has 0 amide bonds. The van der Waals surface area contributed by atoms with Crippen LogP contribution < -0.4 is 0 Å². The Labute approximate surface area is 179 Å². The van der Waals surface area contributed by atoms with E-state index in [0.29, 0.717) is 18.0 Å². The SMILES string of the molecule is N#CC(Cc1ccccc1)Sc1nnc(Cc2ccccc2)n1-c1ccc(F)cc1. The zero-order chi connectivity index (χ0) is 20.8. The van der Waals surface area contributed by atoms with Gasteiger partial charge in [0.25, 0.3) is 0 Å². The summed E-state index contributed by atoms with van der Waals surface area (Å²) in [5.41, 5.74) is 2.96. The summed E-state index contributed by atoms with van der Waals surface area (Å²) in [5.74, 6) is 0.441. The maximum atomic E-state index is 13.5. The van der Waals surface area contributed by atoms with Crippen molar-refractivity contribution in [1.29, 1.82) is 5.26 Å². The zero-order valence-electron chi connectivity index (χ0n) is 16.1. The first-order valence-corrected chi connectivity index (χ1v) is 10.5. The monoisotopic (exact) mass is 414 g/mol. The largest absolute Gasteiger partial charge is 0.274 e. The van der Waals surface area contributed by atoms with Crippen LogP contribution in [0.4, 0.5) is 4.39 Å². The molecule has 1 unspecified atom stereocenters. The Hall–Kier alpha value is -3.43. The van der Waals surface area contributed by atoms with Gasteiger partial charge in [0.05, 0.1) is 6.07 Å². The number of nitrogens with zero attached hydrogens (tertiary/aromatic N) is 4. The first kappa shape index (κ1) is 19.9. The number of thioether (sulfide) groups is 1. The second-order valence-corrected chi connectivity index (χ2v) is 7.97. The first-order chi connectivity index (χ1) is 14.7. The Kier molecular flexibility index (Phi) is 6.21. The van der Waals surface area contributed by atoms with E-state index in [2.05, 4.69) is 16.3 Å². The fourth-order valence-electron chi connectivity index (χ4n) is 3.19. The van der Waals surface area contributed by atoms with Gasteiger partial charge in [0.1, 0.15) is 16.9 Å². The van der Waals surface area contributed by atoms with Gasteiger partial charge in [-0.15, -0.1) is 10.2 Å². The Morgan fingerprint density at radius 1 is 0.867 bits per heavy atom. The highest BCUT2D eigenvalue weighted by Crippen LogP contribution is 2.28. The van der Waals surface area contributed by atoms with E-state index in [1.165, 1.54) is 23.9 Å². The number of aromatic nitrogens is 3. The minimum atomic E-state index is -0.319. The van der Waals surface area contributed by atoms with Crippen LogP contribution in [0.15, 0.2) is 90.1 Å². The average molecular weight is 415 g/mol. The summed E-state index contributed by atoms with van der Waals surface area (Å²) in [4.78, 5) is 0. The number of rotatable bonds is 7. The van der Waals surface area contributed by atoms with Gasteiger partial charge < -0.3 is 0 Å². The number of nitriles is 1. The summed E-state index contributed by atoms with van der Waals surface area (Å²) in [6.45, 7) is 0. The van der Waals surface area contributed by atoms with Crippen molar-refractivity contribution >= 4 is 11.8 Å². The summed E-state index contributed by atoms with van der Waals surface area (Å²) in [6, 6.07) is 28.5. The molecule has 30 heavy (non-hydrogen) atoms. The number of halogens is 1. The molecular weight excluding hydrogens is 395 g/mol. The van der Waals surface area contributed by atoms with Crippen LogP contribution in [-0.4, -0.2) is 20.0 Å². The standard InChI is InChI=1S/C24H19FN4S/c25-20-11-13-21(14-12-20)29-23(16-19-9-5-2-6-10-19)27-28-24(29)30-22(17-26)15-18-7-3-1-4-8-18/h1-14,22H,15-16H2. The fraction of sp³-hybridized carbons (Fsp3) is 0.125. The molecule has 0 fully saturated rings. The molecule has 1 aromatic heterocycles. The lowest BCUT2D eigenvalue weighted by Crippen LogP contribution is -2.08. The fourth-order valence-corrected chi connectivity index (χ4v) is 4.18. The van der Waals surface area contributed by atoms with Crippen LogP contribution in [0.1, 0.15) is 17.0 Å². The summed E-state index contributed by atoms with van der Waals surface area (Å²) in [6.07, 6.45) is 1.19. The molecule has 148 valence electrons. The molecule has 1 heterocycles. The van der Waals surface area contributed by atoms with Gasteiger partial charge in [0.2, 0.25) is 0 Å². The van der Waals surface area contributed by atoms with Gasteiger partial charge in [0.15, 0.2) is 5.16 Å². The van der Waals surface area contributed by atoms with Crippen LogP contribution >= 0.6 is 11.8 Å². The number of benzene rings is 3. The van der Waals surface area contributed by atoms with E-state index in [0.717, 1.165) is 22.6 Å². The number of hydrogen-bond donors (Lipinski definition) is 0. The molecule has 0 aliphatic carbocycles. The number of hydrogen-bond acceptors (Lipinski definition) is 4. The third-order valence-electron chi connectivity index (χ3n) is 4.65. The third kappa shape index (κ3) is 4.76. The molecule has 0 N–H and O–H groups in total. The molecule has 0 radical (unpaired) electrons. The van der Waals surface area contributed by atoms with Crippen LogP contribution in [0, 0.1) is 17.1 Å². The third-order valence-corrected chi connectivity index (χ3v) is 5.68. The smallest absolute Gasteiger partial charge is 0.197 e. The zero-order valence-corrected chi connectivity index (χ0v) is 17.0. The van der Waals surface area contributed by atoms with E-state index in [4.69, 9.17) is 0 Å². The molecular formula is C24H19FN4S. The highest BCUT2D eigenvalue weighted by Gasteiger charge is 2.20. The molecule has 3 aromatic carbocycles. The molecule has 4 nitrogen and oxygen atoms in total. The first-order valence-electron chi connectivity index (χ1n) is 9.57. The van der Waals surface area contributed by atoms with Crippen LogP contribution in [-0.2, 0) is 12.8 Å². The van der Waals surface area contributed by atoms with E-state index in [1.54, 1.807) is 12.1 Å². The van der Waals surface area contributed by atoms with Gasteiger partial charge in [0, 0.05) is 12.1 Å². The highest BCUT2D eigenvalue weighted by atomic mass is 32.2. The lowest BCUT2D eigenvalue weighted by Gasteiger charge is -2.13. The minimum Gasteiger partial charge on any atom is -0.274 e. The van der Waals surface area contributed by atoms with Gasteiger partial charge in [-0.05, 0) is 41.8 Å². The van der Waals surface area contributed by atoms with Gasteiger partial charge in [-0.25, -0.2) is 4.39 Å². The van der Waals surface area contributed by atoms with Crippen LogP contribution in [0.3, 0.4) is 0 Å². The van der Waals surface area contributed by atoms with E-state index < -0.39 is 0 Å². The average Bonchev–Trinajstić information content (AvgIpc) is 3.17. The van der Waals surface area contributed by atoms with Crippen molar-refractivity contribution in [1.82, 2.24) is 14.8 Å². The molecule has 0 saturated heterocycles. The summed E-state index contributed by atoms with van der Waals surface area (Å²) in [7, 11) is 0. The maximum Gasteiger partial charge on any atom is 0.197 e. The Morgan fingerprint density at radius 2 is 1.50 bits per heavy atom. The van der Waals surface area contributed by atoms with E-state index >= 15 is 0 Å². The molecule has 0 spiro atoms. The Morgan fingerprint density at radius 3 is 2.13 bits per heavy atom. The minimum absolute atomic E-state index is 0.301. The lowest BCUT2D eigenvalue weighted by atomic mass is 10.1. The normalized spacial score (nSPS) is 11.7. The van der Waals surface area contributed by atoms with Crippen molar-refractivity contribution in [3.05, 3.63) is 108 Å². The second kappa shape index (κ2) is 9.38. The summed E-state index contributed by atoms with van der Waals surface area (Å²) >= 11 is 1.38. The highest BCUT2D eigenvalue weighted by molar-refractivity contribution is 8.00. The van der Waals surface area contributed by atoms with Crippen LogP contribution in [0.5, 0.6) is 0 Å². The molecule has 1 atom stereocenters. The lowest BCUT2D eigenvalue weighted by molar-refractivity contribution is 0.627. The molecule has 4 aromatic rings. The maximum absolute atomic E-state index is 13.5. The van der Waals surface area contributed by atoms with Crippen molar-refractivity contribution in [3.8, 4) is 11.8 Å². The molecule has 0 bridgehead atoms. The van der Waals surface area contributed by atoms with E-state index in [1.807, 2.05) is 65.2 Å². The van der Waals surface area contributed by atoms with Crippen molar-refractivity contribution in [2.45, 2.75) is 23.2 Å². The topological polar surface area (TPSA) is 54.5 Å². The molecule has 4 rings (SSSR count). The molecule has 0 aliphatic heterocycles. The van der Waals surface area contributed by atoms with Crippen molar-refractivity contribution in [2.75, 3.05) is 0 Å². The van der Waals surface area contributed by atoms with Crippen LogP contribution in [0.25, 0.3) is 5.69 Å². The Balaban J connectivity index is 1.66. The molecule has 0 aliphatic rings. The predicted octanol–water partition coefficient (Wildman–Crippen LogP) is 5.22. The van der Waals surface area contributed by atoms with Crippen molar-refractivity contribution in [3.63, 3.8) is 0 Å². The van der Waals surface area contributed by atoms with Crippen LogP contribution in [0.2, 0.25) is 0 Å². The Bertz CT molecular complexity index is 1140. The van der Waals surface area contributed by atoms with Crippen molar-refractivity contribution < 1.29 is 4.39 Å². The van der Waals surface area contributed by atoms with E-state index in [9.17, 15) is 9.65 Å². The van der Waals surface area contributed by atoms with Crippen molar-refractivity contribution in [2.24, 2.45) is 0 Å². The molecule has 6 heteroatoms. The van der Waals surface area contributed by atoms with Gasteiger partial charge in [-0.2, -0.15) is 5.26 Å². The second-order valence-electron chi connectivity index (χ2n) is 6.80. The summed E-state index contributed by atoms with van der Waals surface area (Å²) in [5, 5.41) is 18.8. The molecule has 0 saturated carbocycles. The van der Waals surface area contributed by atoms with Gasteiger partial charge in [-0.1, -0.05) is 72.4 Å². The van der Waals surface area contributed by atoms with Gasteiger partial charge in [-0.3, -0.25) is 4.57 Å². The van der Waals surface area contributed by atoms with Gasteiger partial charge >= 0.3 is 0 Å². The van der Waals surface area contributed by atoms with E-state index in [-0.39, 0.29) is 11.1 Å². The summed E-state index contributed by atoms with van der Waals surface area (Å²) < 4.78 is 15.4. The predicted molar refractivity (Wildman–Crippen MR) is 116 cm³/mol. The quantitative estimate of drug-likeness (QED) is 0.389.